The summed E-state index contributed by atoms with van der Waals surface area (Å²) in [5.74, 6) is -0.140. The van der Waals surface area contributed by atoms with Gasteiger partial charge in [-0.3, -0.25) is 4.79 Å². The topological polar surface area (TPSA) is 111 Å². The molecule has 8 heteroatoms. The van der Waals surface area contributed by atoms with Gasteiger partial charge in [-0.2, -0.15) is 0 Å². The van der Waals surface area contributed by atoms with E-state index in [-0.39, 0.29) is 42.0 Å². The van der Waals surface area contributed by atoms with Crippen LogP contribution in [0.15, 0.2) is 29.1 Å². The average molecular weight is 394 g/mol. The third-order valence-electron chi connectivity index (χ3n) is 5.82. The number of hydrogen-bond donors (Lipinski definition) is 2. The number of rotatable bonds is 2. The van der Waals surface area contributed by atoms with Crippen LogP contribution in [0.4, 0.5) is 0 Å². The first-order valence-corrected chi connectivity index (χ1v) is 9.25. The van der Waals surface area contributed by atoms with Crippen LogP contribution in [0.25, 0.3) is 22.3 Å². The Balaban J connectivity index is 1.84. The molecule has 4 heterocycles. The molecular weight excluding hydrogens is 376 g/mol. The molecule has 0 saturated heterocycles. The van der Waals surface area contributed by atoms with Crippen molar-refractivity contribution in [2.24, 2.45) is 0 Å². The lowest BCUT2D eigenvalue weighted by Gasteiger charge is -2.31. The molecule has 1 aromatic carbocycles. The number of cyclic esters (lactones) is 1. The summed E-state index contributed by atoms with van der Waals surface area (Å²) in [6, 6.07) is 6.43. The van der Waals surface area contributed by atoms with E-state index in [0.29, 0.717) is 33.6 Å². The summed E-state index contributed by atoms with van der Waals surface area (Å²) in [5, 5.41) is 21.4. The highest BCUT2D eigenvalue weighted by Crippen LogP contribution is 2.43. The zero-order chi connectivity index (χ0) is 20.5. The van der Waals surface area contributed by atoms with Crippen LogP contribution >= 0.6 is 0 Å². The number of phenols is 1. The predicted octanol–water partition coefficient (Wildman–Crippen LogP) is 1.79. The second kappa shape index (κ2) is 5.81. The SMILES string of the molecule is CC[C@@]1(O)C(=O)OCc2c1cc1n(c2=O)Cc2c-1nc1ccc(O)cc1c2OC. The Kier molecular flexibility index (Phi) is 3.54. The second-order valence-electron chi connectivity index (χ2n) is 7.28. The number of pyridine rings is 2. The minimum absolute atomic E-state index is 0.0856. The van der Waals surface area contributed by atoms with Gasteiger partial charge in [-0.15, -0.1) is 0 Å². The highest BCUT2D eigenvalue weighted by molar-refractivity contribution is 5.92. The average Bonchev–Trinajstić information content (AvgIpc) is 3.08. The molecule has 3 aromatic rings. The summed E-state index contributed by atoms with van der Waals surface area (Å²) in [6.45, 7) is 1.72. The van der Waals surface area contributed by atoms with E-state index >= 15 is 0 Å². The Morgan fingerprint density at radius 3 is 2.79 bits per heavy atom. The molecule has 2 aromatic heterocycles. The van der Waals surface area contributed by atoms with Gasteiger partial charge in [-0.25, -0.2) is 9.78 Å². The molecule has 29 heavy (non-hydrogen) atoms. The van der Waals surface area contributed by atoms with Gasteiger partial charge in [-0.1, -0.05) is 6.92 Å². The summed E-state index contributed by atoms with van der Waals surface area (Å²) in [5.41, 5.74) is 0.718. The van der Waals surface area contributed by atoms with Crippen molar-refractivity contribution in [3.63, 3.8) is 0 Å². The highest BCUT2D eigenvalue weighted by Gasteiger charge is 2.45. The summed E-state index contributed by atoms with van der Waals surface area (Å²) in [6.07, 6.45) is 0.0856. The molecule has 0 spiro atoms. The van der Waals surface area contributed by atoms with Gasteiger partial charge in [0.05, 0.1) is 36.1 Å². The molecule has 2 N–H and O–H groups in total. The third kappa shape index (κ3) is 2.20. The predicted molar refractivity (Wildman–Crippen MR) is 103 cm³/mol. The van der Waals surface area contributed by atoms with Crippen molar-refractivity contribution >= 4 is 16.9 Å². The van der Waals surface area contributed by atoms with Gasteiger partial charge in [0.1, 0.15) is 18.1 Å². The first-order chi connectivity index (χ1) is 13.9. The fourth-order valence-electron chi connectivity index (χ4n) is 4.26. The van der Waals surface area contributed by atoms with Crippen LogP contribution in [0, 0.1) is 0 Å². The van der Waals surface area contributed by atoms with Crippen molar-refractivity contribution in [1.82, 2.24) is 9.55 Å². The first-order valence-electron chi connectivity index (χ1n) is 9.25. The first kappa shape index (κ1) is 17.7. The normalized spacial score (nSPS) is 19.5. The molecule has 0 aliphatic carbocycles. The van der Waals surface area contributed by atoms with Crippen LogP contribution in [0.2, 0.25) is 0 Å². The number of aromatic hydroxyl groups is 1. The summed E-state index contributed by atoms with van der Waals surface area (Å²) >= 11 is 0. The standard InChI is InChI=1S/C21H18N2O6/c1-3-21(27)14-7-16-17-12(8-23(16)19(25)13(14)9-29-20(21)26)18(28-2)11-6-10(24)4-5-15(11)22-17/h4-7,24,27H,3,8-9H2,1-2H3/t21-/m0/s1. The number of carbonyl (C=O) groups excluding carboxylic acids is 1. The summed E-state index contributed by atoms with van der Waals surface area (Å²) in [4.78, 5) is 30.1. The maximum absolute atomic E-state index is 13.2. The van der Waals surface area contributed by atoms with Crippen LogP contribution in [0.1, 0.15) is 30.0 Å². The van der Waals surface area contributed by atoms with Gasteiger partial charge >= 0.3 is 5.97 Å². The lowest BCUT2D eigenvalue weighted by Crippen LogP contribution is -2.44. The summed E-state index contributed by atoms with van der Waals surface area (Å²) < 4.78 is 12.2. The van der Waals surface area contributed by atoms with Crippen molar-refractivity contribution < 1.29 is 24.5 Å². The quantitative estimate of drug-likeness (QED) is 0.499. The van der Waals surface area contributed by atoms with E-state index < -0.39 is 11.6 Å². The number of nitrogens with zero attached hydrogens (tertiary/aromatic N) is 2. The maximum Gasteiger partial charge on any atom is 0.343 e. The lowest BCUT2D eigenvalue weighted by molar-refractivity contribution is -0.172. The molecule has 148 valence electrons. The van der Waals surface area contributed by atoms with Crippen molar-refractivity contribution in [1.29, 1.82) is 0 Å². The zero-order valence-electron chi connectivity index (χ0n) is 15.9. The number of aliphatic hydroxyl groups is 1. The monoisotopic (exact) mass is 394 g/mol. The number of ether oxygens (including phenoxy) is 2. The maximum atomic E-state index is 13.2. The van der Waals surface area contributed by atoms with Gasteiger partial charge in [0.15, 0.2) is 5.60 Å². The molecule has 5 rings (SSSR count). The molecular formula is C21H18N2O6. The fourth-order valence-corrected chi connectivity index (χ4v) is 4.26. The van der Waals surface area contributed by atoms with E-state index in [1.54, 1.807) is 29.7 Å². The van der Waals surface area contributed by atoms with Crippen LogP contribution < -0.4 is 10.3 Å². The molecule has 8 nitrogen and oxygen atoms in total. The number of benzene rings is 1. The zero-order valence-corrected chi connectivity index (χ0v) is 15.9. The van der Waals surface area contributed by atoms with Crippen LogP contribution in [-0.2, 0) is 28.3 Å². The van der Waals surface area contributed by atoms with E-state index in [1.165, 1.54) is 13.2 Å². The van der Waals surface area contributed by atoms with Crippen molar-refractivity contribution in [2.45, 2.75) is 32.1 Å². The van der Waals surface area contributed by atoms with Crippen LogP contribution in [0.3, 0.4) is 0 Å². The molecule has 0 radical (unpaired) electrons. The number of phenolic OH excluding ortho intramolecular Hbond substituents is 1. The molecule has 0 unspecified atom stereocenters. The van der Waals surface area contributed by atoms with E-state index in [9.17, 15) is 19.8 Å². The van der Waals surface area contributed by atoms with E-state index in [4.69, 9.17) is 9.47 Å². The number of aromatic nitrogens is 2. The Morgan fingerprint density at radius 2 is 2.07 bits per heavy atom. The van der Waals surface area contributed by atoms with Crippen molar-refractivity contribution in [3.05, 3.63) is 51.3 Å². The van der Waals surface area contributed by atoms with Gasteiger partial charge in [0.2, 0.25) is 0 Å². The molecule has 1 atom stereocenters. The Hall–Kier alpha value is -3.39. The van der Waals surface area contributed by atoms with E-state index in [0.717, 1.165) is 0 Å². The van der Waals surface area contributed by atoms with Crippen LogP contribution in [0.5, 0.6) is 11.5 Å². The largest absolute Gasteiger partial charge is 0.508 e. The molecule has 0 fully saturated rings. The lowest BCUT2D eigenvalue weighted by atomic mass is 9.86. The Bertz CT molecular complexity index is 1280. The second-order valence-corrected chi connectivity index (χ2v) is 7.28. The van der Waals surface area contributed by atoms with Crippen molar-refractivity contribution in [2.75, 3.05) is 7.11 Å². The molecule has 2 aliphatic rings. The summed E-state index contributed by atoms with van der Waals surface area (Å²) in [7, 11) is 1.53. The van der Waals surface area contributed by atoms with Crippen LogP contribution in [-0.4, -0.2) is 32.8 Å². The number of carbonyl (C=O) groups is 1. The fraction of sp³-hybridized carbons (Fsp3) is 0.286. The smallest absolute Gasteiger partial charge is 0.343 e. The third-order valence-corrected chi connectivity index (χ3v) is 5.82. The molecule has 0 saturated carbocycles. The van der Waals surface area contributed by atoms with Gasteiger partial charge in [0, 0.05) is 16.5 Å². The molecule has 0 bridgehead atoms. The number of hydrogen-bond acceptors (Lipinski definition) is 7. The Morgan fingerprint density at radius 1 is 1.28 bits per heavy atom. The number of fused-ring (bicyclic) bond motifs is 5. The van der Waals surface area contributed by atoms with Crippen molar-refractivity contribution in [3.8, 4) is 22.9 Å². The minimum Gasteiger partial charge on any atom is -0.508 e. The molecule has 0 amide bonds. The number of methoxy groups -OCH3 is 1. The highest BCUT2D eigenvalue weighted by atomic mass is 16.6. The van der Waals surface area contributed by atoms with E-state index in [2.05, 4.69) is 4.98 Å². The van der Waals surface area contributed by atoms with Gasteiger partial charge in [0.25, 0.3) is 5.56 Å². The molecule has 2 aliphatic heterocycles. The number of esters is 1. The Labute approximate surface area is 165 Å². The van der Waals surface area contributed by atoms with E-state index in [1.807, 2.05) is 0 Å². The van der Waals surface area contributed by atoms with Gasteiger partial charge in [-0.05, 0) is 30.7 Å². The van der Waals surface area contributed by atoms with Gasteiger partial charge < -0.3 is 24.3 Å². The minimum atomic E-state index is -1.86.